The Balaban J connectivity index is 0.000000641. The van der Waals surface area contributed by atoms with Gasteiger partial charge in [-0.3, -0.25) is 14.3 Å². The molecule has 0 atom stereocenters. The highest BCUT2D eigenvalue weighted by molar-refractivity contribution is 6.27. The Bertz CT molecular complexity index is 1010. The predicted octanol–water partition coefficient (Wildman–Crippen LogP) is 1.57. The molecule has 1 saturated heterocycles. The molecule has 11 heteroatoms. The number of hydrogen-bond acceptors (Lipinski definition) is 6. The van der Waals surface area contributed by atoms with Gasteiger partial charge in [-0.15, -0.1) is 0 Å². The van der Waals surface area contributed by atoms with Gasteiger partial charge in [0.05, 0.1) is 5.52 Å². The molecule has 3 rings (SSSR count). The molecule has 11 nitrogen and oxygen atoms in total. The van der Waals surface area contributed by atoms with Gasteiger partial charge in [0.2, 0.25) is 5.91 Å². The van der Waals surface area contributed by atoms with Crippen molar-refractivity contribution < 1.29 is 29.4 Å². The summed E-state index contributed by atoms with van der Waals surface area (Å²) in [4.78, 5) is 45.1. The first kappa shape index (κ1) is 27.8. The second kappa shape index (κ2) is 13.4. The molecule has 1 aliphatic rings. The normalized spacial score (nSPS) is 14.3. The summed E-state index contributed by atoms with van der Waals surface area (Å²) in [5.41, 5.74) is 1.51. The first-order valence-corrected chi connectivity index (χ1v) is 11.9. The van der Waals surface area contributed by atoms with Crippen LogP contribution in [0.15, 0.2) is 24.3 Å². The van der Waals surface area contributed by atoms with Crippen LogP contribution < -0.4 is 10.6 Å². The van der Waals surface area contributed by atoms with E-state index in [0.29, 0.717) is 12.2 Å². The zero-order valence-electron chi connectivity index (χ0n) is 20.5. The predicted molar refractivity (Wildman–Crippen MR) is 130 cm³/mol. The quantitative estimate of drug-likeness (QED) is 0.408. The zero-order valence-corrected chi connectivity index (χ0v) is 20.5. The van der Waals surface area contributed by atoms with Crippen molar-refractivity contribution >= 4 is 34.7 Å². The number of para-hydroxylation sites is 1. The number of aromatic nitrogens is 2. The molecule has 0 spiro atoms. The number of piperidine rings is 1. The number of nitrogens with one attached hydrogen (secondary N) is 2. The van der Waals surface area contributed by atoms with E-state index >= 15 is 0 Å². The van der Waals surface area contributed by atoms with E-state index in [9.17, 15) is 9.59 Å². The number of rotatable bonds is 8. The molecule has 0 bridgehead atoms. The lowest BCUT2D eigenvalue weighted by molar-refractivity contribution is -0.159. The Hall–Kier alpha value is -3.47. The van der Waals surface area contributed by atoms with Crippen molar-refractivity contribution in [2.45, 2.75) is 52.6 Å². The first-order valence-electron chi connectivity index (χ1n) is 11.9. The van der Waals surface area contributed by atoms with Crippen molar-refractivity contribution in [2.24, 2.45) is 5.92 Å². The Morgan fingerprint density at radius 1 is 1.06 bits per heavy atom. The summed E-state index contributed by atoms with van der Waals surface area (Å²) in [6.45, 7) is 10.0. The SMILES string of the molecule is CCCn1nc(C(=O)NCCN2CCC(NC(=O)C(C)C)CC2)c2ccccc21.O=C(O)C(=O)O. The molecule has 1 aliphatic heterocycles. The number of carboxylic acids is 2. The van der Waals surface area contributed by atoms with Crippen molar-refractivity contribution in [3.8, 4) is 0 Å². The molecule has 1 aromatic carbocycles. The number of aryl methyl sites for hydroxylation is 1. The number of carbonyl (C=O) groups excluding carboxylic acids is 2. The fourth-order valence-corrected chi connectivity index (χ4v) is 3.76. The molecule has 0 unspecified atom stereocenters. The van der Waals surface area contributed by atoms with Gasteiger partial charge in [0.15, 0.2) is 5.69 Å². The first-order chi connectivity index (χ1) is 16.6. The van der Waals surface area contributed by atoms with E-state index in [-0.39, 0.29) is 23.8 Å². The maximum Gasteiger partial charge on any atom is 0.414 e. The lowest BCUT2D eigenvalue weighted by atomic mass is 10.0. The van der Waals surface area contributed by atoms with Gasteiger partial charge in [0.25, 0.3) is 5.91 Å². The average Bonchev–Trinajstić information content (AvgIpc) is 3.19. The molecule has 0 radical (unpaired) electrons. The van der Waals surface area contributed by atoms with Gasteiger partial charge in [0.1, 0.15) is 0 Å². The largest absolute Gasteiger partial charge is 0.473 e. The third kappa shape index (κ3) is 8.36. The van der Waals surface area contributed by atoms with E-state index in [1.54, 1.807) is 0 Å². The van der Waals surface area contributed by atoms with E-state index in [1.807, 2.05) is 42.8 Å². The molecule has 2 amide bonds. The summed E-state index contributed by atoms with van der Waals surface area (Å²) < 4.78 is 1.92. The zero-order chi connectivity index (χ0) is 26.0. The van der Waals surface area contributed by atoms with Crippen LogP contribution in [-0.2, 0) is 20.9 Å². The number of aliphatic carboxylic acids is 2. The van der Waals surface area contributed by atoms with Crippen LogP contribution in [0.25, 0.3) is 10.9 Å². The van der Waals surface area contributed by atoms with Gasteiger partial charge in [-0.1, -0.05) is 39.0 Å². The third-order valence-electron chi connectivity index (χ3n) is 5.66. The number of hydrogen-bond donors (Lipinski definition) is 4. The summed E-state index contributed by atoms with van der Waals surface area (Å²) in [6.07, 6.45) is 2.89. The number of likely N-dealkylation sites (tertiary alicyclic amines) is 1. The number of amides is 2. The van der Waals surface area contributed by atoms with E-state index in [1.165, 1.54) is 0 Å². The lowest BCUT2D eigenvalue weighted by Crippen LogP contribution is -2.47. The number of carbonyl (C=O) groups is 4. The van der Waals surface area contributed by atoms with Crippen LogP contribution in [0.4, 0.5) is 0 Å². The highest BCUT2D eigenvalue weighted by Crippen LogP contribution is 2.18. The van der Waals surface area contributed by atoms with Gasteiger partial charge < -0.3 is 25.7 Å². The fourth-order valence-electron chi connectivity index (χ4n) is 3.76. The molecule has 0 aliphatic carbocycles. The highest BCUT2D eigenvalue weighted by atomic mass is 16.4. The van der Waals surface area contributed by atoms with Crippen LogP contribution in [-0.4, -0.2) is 80.9 Å². The number of carboxylic acid groups (broad SMARTS) is 2. The summed E-state index contributed by atoms with van der Waals surface area (Å²) in [5.74, 6) is -3.61. The summed E-state index contributed by atoms with van der Waals surface area (Å²) in [7, 11) is 0. The van der Waals surface area contributed by atoms with Crippen molar-refractivity contribution in [2.75, 3.05) is 26.2 Å². The monoisotopic (exact) mass is 489 g/mol. The van der Waals surface area contributed by atoms with Crippen LogP contribution in [0, 0.1) is 5.92 Å². The van der Waals surface area contributed by atoms with Gasteiger partial charge >= 0.3 is 11.9 Å². The molecule has 2 heterocycles. The van der Waals surface area contributed by atoms with Gasteiger partial charge in [0, 0.05) is 50.1 Å². The van der Waals surface area contributed by atoms with Gasteiger partial charge in [-0.25, -0.2) is 9.59 Å². The number of fused-ring (bicyclic) bond motifs is 1. The molecule has 35 heavy (non-hydrogen) atoms. The van der Waals surface area contributed by atoms with Crippen LogP contribution in [0.2, 0.25) is 0 Å². The smallest absolute Gasteiger partial charge is 0.414 e. The molecule has 0 saturated carbocycles. The van der Waals surface area contributed by atoms with Crippen molar-refractivity contribution in [3.63, 3.8) is 0 Å². The summed E-state index contributed by atoms with van der Waals surface area (Å²) in [6, 6.07) is 8.16. The number of benzene rings is 1. The van der Waals surface area contributed by atoms with Crippen LogP contribution in [0.5, 0.6) is 0 Å². The van der Waals surface area contributed by atoms with E-state index < -0.39 is 11.9 Å². The summed E-state index contributed by atoms with van der Waals surface area (Å²) in [5, 5.41) is 26.4. The minimum Gasteiger partial charge on any atom is -0.473 e. The Morgan fingerprint density at radius 2 is 1.69 bits per heavy atom. The summed E-state index contributed by atoms with van der Waals surface area (Å²) >= 11 is 0. The van der Waals surface area contributed by atoms with E-state index in [4.69, 9.17) is 19.8 Å². The maximum atomic E-state index is 12.7. The topological polar surface area (TPSA) is 154 Å². The van der Waals surface area contributed by atoms with Crippen LogP contribution in [0.3, 0.4) is 0 Å². The van der Waals surface area contributed by atoms with E-state index in [0.717, 1.165) is 56.3 Å². The fraction of sp³-hybridized carbons (Fsp3) is 0.542. The Kier molecular flexibility index (Phi) is 10.7. The van der Waals surface area contributed by atoms with Crippen LogP contribution in [0.1, 0.15) is 50.5 Å². The van der Waals surface area contributed by atoms with Gasteiger partial charge in [-0.2, -0.15) is 5.10 Å². The third-order valence-corrected chi connectivity index (χ3v) is 5.66. The van der Waals surface area contributed by atoms with Crippen molar-refractivity contribution in [1.82, 2.24) is 25.3 Å². The second-order valence-corrected chi connectivity index (χ2v) is 8.73. The lowest BCUT2D eigenvalue weighted by Gasteiger charge is -2.32. The number of nitrogens with zero attached hydrogens (tertiary/aromatic N) is 3. The minimum absolute atomic E-state index is 0.0279. The molecule has 2 aromatic rings. The molecular formula is C24H35N5O6. The maximum absolute atomic E-state index is 12.7. The second-order valence-electron chi connectivity index (χ2n) is 8.73. The average molecular weight is 490 g/mol. The molecule has 192 valence electrons. The van der Waals surface area contributed by atoms with E-state index in [2.05, 4.69) is 27.6 Å². The van der Waals surface area contributed by atoms with Crippen LogP contribution >= 0.6 is 0 Å². The Labute approximate surface area is 204 Å². The van der Waals surface area contributed by atoms with Crippen molar-refractivity contribution in [3.05, 3.63) is 30.0 Å². The van der Waals surface area contributed by atoms with Crippen molar-refractivity contribution in [1.29, 1.82) is 0 Å². The Morgan fingerprint density at radius 3 is 2.26 bits per heavy atom. The molecular weight excluding hydrogens is 454 g/mol. The standard InChI is InChI=1S/C22H33N5O2.C2H2O4/c1-4-12-27-19-8-6-5-7-18(19)20(25-27)22(29)23-11-15-26-13-9-17(10-14-26)24-21(28)16(2)3;3-1(4)2(5)6/h5-8,16-17H,4,9-15H2,1-3H3,(H,23,29)(H,24,28);(H,3,4)(H,5,6). The highest BCUT2D eigenvalue weighted by Gasteiger charge is 2.22. The molecule has 1 fully saturated rings. The molecule has 1 aromatic heterocycles. The van der Waals surface area contributed by atoms with Gasteiger partial charge in [-0.05, 0) is 25.3 Å². The minimum atomic E-state index is -1.82. The molecule has 4 N–H and O–H groups in total.